The summed E-state index contributed by atoms with van der Waals surface area (Å²) < 4.78 is 42.5. The SMILES string of the molecule is C=C(C(=O)OC(C)C)C(O)c1cccc(C(F)(F)F)c1. The van der Waals surface area contributed by atoms with Crippen LogP contribution in [0.1, 0.15) is 31.1 Å². The quantitative estimate of drug-likeness (QED) is 0.683. The minimum atomic E-state index is -4.52. The second-order valence-corrected chi connectivity index (χ2v) is 4.51. The van der Waals surface area contributed by atoms with Gasteiger partial charge in [0.25, 0.3) is 0 Å². The molecular formula is C14H15F3O3. The van der Waals surface area contributed by atoms with Gasteiger partial charge in [-0.1, -0.05) is 18.7 Å². The highest BCUT2D eigenvalue weighted by Crippen LogP contribution is 2.32. The molecule has 0 aliphatic heterocycles. The summed E-state index contributed by atoms with van der Waals surface area (Å²) in [6, 6.07) is 4.10. The maximum atomic E-state index is 12.6. The van der Waals surface area contributed by atoms with E-state index in [9.17, 15) is 23.1 Å². The van der Waals surface area contributed by atoms with E-state index in [0.29, 0.717) is 0 Å². The predicted molar refractivity (Wildman–Crippen MR) is 66.8 cm³/mol. The number of carbonyl (C=O) groups excluding carboxylic acids is 1. The fraction of sp³-hybridized carbons (Fsp3) is 0.357. The van der Waals surface area contributed by atoms with Gasteiger partial charge in [-0.05, 0) is 31.5 Å². The summed E-state index contributed by atoms with van der Waals surface area (Å²) in [5.41, 5.74) is -1.28. The lowest BCUT2D eigenvalue weighted by Gasteiger charge is -2.16. The van der Waals surface area contributed by atoms with Gasteiger partial charge in [-0.2, -0.15) is 13.2 Å². The fourth-order valence-corrected chi connectivity index (χ4v) is 1.49. The highest BCUT2D eigenvalue weighted by atomic mass is 19.4. The van der Waals surface area contributed by atoms with Gasteiger partial charge in [0.2, 0.25) is 0 Å². The number of carbonyl (C=O) groups is 1. The molecule has 0 fully saturated rings. The first kappa shape index (κ1) is 16.2. The topological polar surface area (TPSA) is 46.5 Å². The Hall–Kier alpha value is -1.82. The van der Waals surface area contributed by atoms with Crippen molar-refractivity contribution in [1.29, 1.82) is 0 Å². The highest BCUT2D eigenvalue weighted by Gasteiger charge is 2.31. The third-order valence-corrected chi connectivity index (χ3v) is 2.46. The number of esters is 1. The van der Waals surface area contributed by atoms with Crippen LogP contribution >= 0.6 is 0 Å². The summed E-state index contributed by atoms with van der Waals surface area (Å²) in [5.74, 6) is -0.843. The zero-order valence-corrected chi connectivity index (χ0v) is 11.1. The van der Waals surface area contributed by atoms with Crippen LogP contribution in [0.15, 0.2) is 36.4 Å². The normalized spacial score (nSPS) is 13.2. The fourth-order valence-electron chi connectivity index (χ4n) is 1.49. The molecule has 1 unspecified atom stereocenters. The number of aliphatic hydroxyl groups is 1. The Morgan fingerprint density at radius 2 is 1.95 bits per heavy atom. The van der Waals surface area contributed by atoms with Crippen molar-refractivity contribution in [2.75, 3.05) is 0 Å². The Labute approximate surface area is 114 Å². The molecule has 0 radical (unpaired) electrons. The molecule has 0 spiro atoms. The first-order chi connectivity index (χ1) is 9.12. The first-order valence-corrected chi connectivity index (χ1v) is 5.88. The molecule has 110 valence electrons. The van der Waals surface area contributed by atoms with E-state index in [4.69, 9.17) is 4.74 Å². The molecule has 6 heteroatoms. The Balaban J connectivity index is 2.95. The minimum Gasteiger partial charge on any atom is -0.460 e. The average Bonchev–Trinajstić information content (AvgIpc) is 2.35. The second-order valence-electron chi connectivity index (χ2n) is 4.51. The van der Waals surface area contributed by atoms with Crippen LogP contribution in [0.5, 0.6) is 0 Å². The largest absolute Gasteiger partial charge is 0.460 e. The molecule has 0 aliphatic carbocycles. The van der Waals surface area contributed by atoms with E-state index in [0.717, 1.165) is 18.2 Å². The Kier molecular flexibility index (Phi) is 4.94. The van der Waals surface area contributed by atoms with E-state index < -0.39 is 29.9 Å². The van der Waals surface area contributed by atoms with Crippen LogP contribution in [0.4, 0.5) is 13.2 Å². The van der Waals surface area contributed by atoms with E-state index in [2.05, 4.69) is 6.58 Å². The van der Waals surface area contributed by atoms with Crippen molar-refractivity contribution < 1.29 is 27.8 Å². The standard InChI is InChI=1S/C14H15F3O3/c1-8(2)20-13(19)9(3)12(18)10-5-4-6-11(7-10)14(15,16)17/h4-8,12,18H,3H2,1-2H3. The maximum absolute atomic E-state index is 12.6. The van der Waals surface area contributed by atoms with Gasteiger partial charge in [-0.3, -0.25) is 0 Å². The summed E-state index contributed by atoms with van der Waals surface area (Å²) in [5, 5.41) is 9.89. The molecule has 0 aliphatic rings. The molecule has 20 heavy (non-hydrogen) atoms. The summed E-state index contributed by atoms with van der Waals surface area (Å²) >= 11 is 0. The third-order valence-electron chi connectivity index (χ3n) is 2.46. The van der Waals surface area contributed by atoms with E-state index in [-0.39, 0.29) is 11.1 Å². The van der Waals surface area contributed by atoms with Crippen LogP contribution in [0.25, 0.3) is 0 Å². The molecule has 1 aromatic rings. The first-order valence-electron chi connectivity index (χ1n) is 5.88. The molecular weight excluding hydrogens is 273 g/mol. The molecule has 0 saturated heterocycles. The lowest BCUT2D eigenvalue weighted by Crippen LogP contribution is -2.18. The smallest absolute Gasteiger partial charge is 0.416 e. The zero-order chi connectivity index (χ0) is 15.5. The van der Waals surface area contributed by atoms with Gasteiger partial charge in [-0.15, -0.1) is 0 Å². The van der Waals surface area contributed by atoms with Gasteiger partial charge < -0.3 is 9.84 Å². The van der Waals surface area contributed by atoms with Crippen molar-refractivity contribution in [1.82, 2.24) is 0 Å². The number of benzene rings is 1. The molecule has 0 bridgehead atoms. The number of hydrogen-bond donors (Lipinski definition) is 1. The molecule has 1 atom stereocenters. The molecule has 0 heterocycles. The molecule has 1 aromatic carbocycles. The van der Waals surface area contributed by atoms with Crippen LogP contribution in [0.3, 0.4) is 0 Å². The van der Waals surface area contributed by atoms with Crippen molar-refractivity contribution in [2.45, 2.75) is 32.2 Å². The van der Waals surface area contributed by atoms with Crippen molar-refractivity contribution in [3.8, 4) is 0 Å². The van der Waals surface area contributed by atoms with Crippen molar-refractivity contribution in [2.24, 2.45) is 0 Å². The average molecular weight is 288 g/mol. The Bertz CT molecular complexity index is 507. The van der Waals surface area contributed by atoms with Crippen molar-refractivity contribution in [3.05, 3.63) is 47.5 Å². The number of hydrogen-bond acceptors (Lipinski definition) is 3. The molecule has 0 saturated carbocycles. The molecule has 0 amide bonds. The van der Waals surface area contributed by atoms with Crippen molar-refractivity contribution >= 4 is 5.97 Å². The van der Waals surface area contributed by atoms with E-state index >= 15 is 0 Å². The van der Waals surface area contributed by atoms with Crippen LogP contribution in [0, 0.1) is 0 Å². The molecule has 1 rings (SSSR count). The number of aliphatic hydroxyl groups excluding tert-OH is 1. The van der Waals surface area contributed by atoms with Gasteiger partial charge in [0.15, 0.2) is 0 Å². The summed E-state index contributed by atoms with van der Waals surface area (Å²) in [7, 11) is 0. The second kappa shape index (κ2) is 6.09. The zero-order valence-electron chi connectivity index (χ0n) is 11.1. The van der Waals surface area contributed by atoms with Crippen LogP contribution in [0.2, 0.25) is 0 Å². The van der Waals surface area contributed by atoms with Crippen LogP contribution < -0.4 is 0 Å². The minimum absolute atomic E-state index is 0.0643. The van der Waals surface area contributed by atoms with Crippen LogP contribution in [-0.2, 0) is 15.7 Å². The number of halogens is 3. The van der Waals surface area contributed by atoms with Crippen molar-refractivity contribution in [3.63, 3.8) is 0 Å². The number of ether oxygens (including phenoxy) is 1. The Morgan fingerprint density at radius 3 is 2.45 bits per heavy atom. The number of rotatable bonds is 4. The summed E-state index contributed by atoms with van der Waals surface area (Å²) in [4.78, 5) is 11.5. The van der Waals surface area contributed by atoms with Gasteiger partial charge in [0.1, 0.15) is 6.10 Å². The monoisotopic (exact) mass is 288 g/mol. The Morgan fingerprint density at radius 1 is 1.35 bits per heavy atom. The third kappa shape index (κ3) is 4.09. The summed E-state index contributed by atoms with van der Waals surface area (Å²) in [6.45, 7) is 6.60. The predicted octanol–water partition coefficient (Wildman–Crippen LogP) is 3.25. The molecule has 0 aromatic heterocycles. The van der Waals surface area contributed by atoms with E-state index in [1.165, 1.54) is 6.07 Å². The summed E-state index contributed by atoms with van der Waals surface area (Å²) in [6.07, 6.45) is -6.47. The lowest BCUT2D eigenvalue weighted by molar-refractivity contribution is -0.143. The van der Waals surface area contributed by atoms with Gasteiger partial charge in [0.05, 0.1) is 17.2 Å². The van der Waals surface area contributed by atoms with Gasteiger partial charge in [0, 0.05) is 0 Å². The van der Waals surface area contributed by atoms with Gasteiger partial charge >= 0.3 is 12.1 Å². The maximum Gasteiger partial charge on any atom is 0.416 e. The number of alkyl halides is 3. The van der Waals surface area contributed by atoms with E-state index in [1.54, 1.807) is 13.8 Å². The lowest BCUT2D eigenvalue weighted by atomic mass is 10.0. The molecule has 3 nitrogen and oxygen atoms in total. The van der Waals surface area contributed by atoms with E-state index in [1.807, 2.05) is 0 Å². The van der Waals surface area contributed by atoms with Crippen LogP contribution in [-0.4, -0.2) is 17.2 Å². The van der Waals surface area contributed by atoms with Gasteiger partial charge in [-0.25, -0.2) is 4.79 Å². The highest BCUT2D eigenvalue weighted by molar-refractivity contribution is 5.89. The molecule has 1 N–H and O–H groups in total.